The fourth-order valence-electron chi connectivity index (χ4n) is 1.98. The molecule has 2 rings (SSSR count). The van der Waals surface area contributed by atoms with Gasteiger partial charge in [-0.3, -0.25) is 0 Å². The number of aryl methyl sites for hydroxylation is 1. The van der Waals surface area contributed by atoms with Gasteiger partial charge in [0.15, 0.2) is 0 Å². The van der Waals surface area contributed by atoms with Gasteiger partial charge in [0, 0.05) is 17.5 Å². The van der Waals surface area contributed by atoms with E-state index in [1.807, 2.05) is 6.92 Å². The predicted octanol–water partition coefficient (Wildman–Crippen LogP) is 2.16. The lowest BCUT2D eigenvalue weighted by Crippen LogP contribution is -2.15. The molecule has 1 aromatic heterocycles. The van der Waals surface area contributed by atoms with E-state index in [2.05, 4.69) is 10.4 Å². The highest BCUT2D eigenvalue weighted by Crippen LogP contribution is 2.29. The van der Waals surface area contributed by atoms with Gasteiger partial charge < -0.3 is 5.11 Å². The molecule has 1 saturated carbocycles. The van der Waals surface area contributed by atoms with Gasteiger partial charge in [0.25, 0.3) is 0 Å². The molecule has 3 heteroatoms. The highest BCUT2D eigenvalue weighted by Gasteiger charge is 2.25. The summed E-state index contributed by atoms with van der Waals surface area (Å²) < 4.78 is 0. The van der Waals surface area contributed by atoms with Crippen LogP contribution >= 0.6 is 11.3 Å². The van der Waals surface area contributed by atoms with Gasteiger partial charge in [-0.05, 0) is 25.7 Å². The number of rotatable bonds is 2. The van der Waals surface area contributed by atoms with Gasteiger partial charge in [0.05, 0.1) is 11.1 Å². The maximum Gasteiger partial charge on any atom is 0.0931 e. The molecular weight excluding hydrogens is 182 g/mol. The summed E-state index contributed by atoms with van der Waals surface area (Å²) in [6, 6.07) is 0. The van der Waals surface area contributed by atoms with E-state index in [9.17, 15) is 5.11 Å². The third kappa shape index (κ3) is 2.09. The zero-order valence-corrected chi connectivity index (χ0v) is 8.68. The van der Waals surface area contributed by atoms with Gasteiger partial charge in [0.1, 0.15) is 0 Å². The van der Waals surface area contributed by atoms with Gasteiger partial charge in [0.2, 0.25) is 0 Å². The van der Waals surface area contributed by atoms with Crippen molar-refractivity contribution in [3.05, 3.63) is 16.1 Å². The van der Waals surface area contributed by atoms with Crippen molar-refractivity contribution in [1.29, 1.82) is 0 Å². The Morgan fingerprint density at radius 2 is 2.46 bits per heavy atom. The molecule has 0 unspecified atom stereocenters. The van der Waals surface area contributed by atoms with Crippen LogP contribution < -0.4 is 0 Å². The van der Waals surface area contributed by atoms with Crippen molar-refractivity contribution in [3.63, 3.8) is 0 Å². The standard InChI is InChI=1S/C10H15NOS/c1-7-6-13-10(11-7)5-8-3-2-4-9(8)12/h6,8-9,12H,2-5H2,1H3/t8-,9+/m0/s1. The zero-order valence-electron chi connectivity index (χ0n) is 7.86. The van der Waals surface area contributed by atoms with Crippen molar-refractivity contribution in [2.45, 2.75) is 38.7 Å². The van der Waals surface area contributed by atoms with E-state index in [1.165, 1.54) is 17.8 Å². The third-order valence-corrected chi connectivity index (χ3v) is 3.71. The van der Waals surface area contributed by atoms with E-state index in [4.69, 9.17) is 0 Å². The number of thiazole rings is 1. The van der Waals surface area contributed by atoms with Gasteiger partial charge in [-0.15, -0.1) is 11.3 Å². The van der Waals surface area contributed by atoms with E-state index in [-0.39, 0.29) is 6.10 Å². The van der Waals surface area contributed by atoms with E-state index >= 15 is 0 Å². The minimum Gasteiger partial charge on any atom is -0.393 e. The minimum atomic E-state index is -0.0794. The Kier molecular flexibility index (Phi) is 2.65. The molecule has 0 spiro atoms. The van der Waals surface area contributed by atoms with Crippen LogP contribution in [0.4, 0.5) is 0 Å². The molecule has 0 aliphatic heterocycles. The highest BCUT2D eigenvalue weighted by atomic mass is 32.1. The normalized spacial score (nSPS) is 28.2. The highest BCUT2D eigenvalue weighted by molar-refractivity contribution is 7.09. The molecule has 0 amide bonds. The number of aliphatic hydroxyl groups is 1. The molecule has 0 radical (unpaired) electrons. The van der Waals surface area contributed by atoms with Crippen LogP contribution in [-0.2, 0) is 6.42 Å². The first-order valence-electron chi connectivity index (χ1n) is 4.85. The van der Waals surface area contributed by atoms with E-state index < -0.39 is 0 Å². The molecule has 13 heavy (non-hydrogen) atoms. The summed E-state index contributed by atoms with van der Waals surface area (Å²) in [5.74, 6) is 0.463. The van der Waals surface area contributed by atoms with Crippen LogP contribution in [0.1, 0.15) is 30.0 Å². The molecule has 0 aromatic carbocycles. The summed E-state index contributed by atoms with van der Waals surface area (Å²) in [4.78, 5) is 4.42. The fraction of sp³-hybridized carbons (Fsp3) is 0.700. The molecule has 0 saturated heterocycles. The summed E-state index contributed by atoms with van der Waals surface area (Å²) in [6.07, 6.45) is 4.22. The van der Waals surface area contributed by atoms with Crippen molar-refractivity contribution < 1.29 is 5.11 Å². The summed E-state index contributed by atoms with van der Waals surface area (Å²) in [7, 11) is 0. The Hall–Kier alpha value is -0.410. The molecule has 72 valence electrons. The average molecular weight is 197 g/mol. The summed E-state index contributed by atoms with van der Waals surface area (Å²) in [6.45, 7) is 2.02. The predicted molar refractivity (Wildman–Crippen MR) is 53.9 cm³/mol. The Balaban J connectivity index is 1.97. The van der Waals surface area contributed by atoms with Crippen LogP contribution in [-0.4, -0.2) is 16.2 Å². The molecule has 2 nitrogen and oxygen atoms in total. The van der Waals surface area contributed by atoms with Crippen LogP contribution in [0.25, 0.3) is 0 Å². The maximum atomic E-state index is 9.63. The van der Waals surface area contributed by atoms with Crippen molar-refractivity contribution in [2.24, 2.45) is 5.92 Å². The summed E-state index contributed by atoms with van der Waals surface area (Å²) in [5, 5.41) is 12.9. The molecule has 2 atom stereocenters. The van der Waals surface area contributed by atoms with Gasteiger partial charge >= 0.3 is 0 Å². The Morgan fingerprint density at radius 3 is 3.00 bits per heavy atom. The molecule has 0 bridgehead atoms. The van der Waals surface area contributed by atoms with E-state index in [0.717, 1.165) is 18.5 Å². The number of aromatic nitrogens is 1. The smallest absolute Gasteiger partial charge is 0.0931 e. The lowest BCUT2D eigenvalue weighted by molar-refractivity contribution is 0.132. The topological polar surface area (TPSA) is 33.1 Å². The fourth-order valence-corrected chi connectivity index (χ4v) is 2.84. The first kappa shape index (κ1) is 9.16. The van der Waals surface area contributed by atoms with Crippen molar-refractivity contribution in [2.75, 3.05) is 0 Å². The molecular formula is C10H15NOS. The number of aliphatic hydroxyl groups excluding tert-OH is 1. The molecule has 1 aromatic rings. The summed E-state index contributed by atoms with van der Waals surface area (Å²) in [5.41, 5.74) is 1.10. The molecule has 1 aliphatic rings. The number of hydrogen-bond acceptors (Lipinski definition) is 3. The Morgan fingerprint density at radius 1 is 1.62 bits per heavy atom. The van der Waals surface area contributed by atoms with Crippen LogP contribution in [0.15, 0.2) is 5.38 Å². The Labute approximate surface area is 82.6 Å². The van der Waals surface area contributed by atoms with E-state index in [0.29, 0.717) is 5.92 Å². The van der Waals surface area contributed by atoms with Crippen molar-refractivity contribution in [1.82, 2.24) is 4.98 Å². The second kappa shape index (κ2) is 3.76. The van der Waals surface area contributed by atoms with Crippen LogP contribution in [0.3, 0.4) is 0 Å². The summed E-state index contributed by atoms with van der Waals surface area (Å²) >= 11 is 1.72. The monoisotopic (exact) mass is 197 g/mol. The van der Waals surface area contributed by atoms with Gasteiger partial charge in [-0.1, -0.05) is 6.42 Å². The van der Waals surface area contributed by atoms with E-state index in [1.54, 1.807) is 11.3 Å². The second-order valence-corrected chi connectivity index (χ2v) is 4.79. The number of nitrogens with zero attached hydrogens (tertiary/aromatic N) is 1. The third-order valence-electron chi connectivity index (χ3n) is 2.72. The zero-order chi connectivity index (χ0) is 9.26. The Bertz CT molecular complexity index is 284. The SMILES string of the molecule is Cc1csc(C[C@@H]2CCC[C@H]2O)n1. The quantitative estimate of drug-likeness (QED) is 0.788. The van der Waals surface area contributed by atoms with Gasteiger partial charge in [-0.2, -0.15) is 0 Å². The first-order chi connectivity index (χ1) is 6.25. The molecule has 1 fully saturated rings. The van der Waals surface area contributed by atoms with Crippen LogP contribution in [0, 0.1) is 12.8 Å². The molecule has 1 aliphatic carbocycles. The van der Waals surface area contributed by atoms with Crippen molar-refractivity contribution in [3.8, 4) is 0 Å². The first-order valence-corrected chi connectivity index (χ1v) is 5.73. The minimum absolute atomic E-state index is 0.0794. The number of hydrogen-bond donors (Lipinski definition) is 1. The van der Waals surface area contributed by atoms with Crippen LogP contribution in [0.2, 0.25) is 0 Å². The average Bonchev–Trinajstić information content (AvgIpc) is 2.64. The van der Waals surface area contributed by atoms with Crippen LogP contribution in [0.5, 0.6) is 0 Å². The second-order valence-electron chi connectivity index (χ2n) is 3.85. The molecule has 1 heterocycles. The lowest BCUT2D eigenvalue weighted by atomic mass is 10.0. The maximum absolute atomic E-state index is 9.63. The lowest BCUT2D eigenvalue weighted by Gasteiger charge is -2.11. The van der Waals surface area contributed by atoms with Gasteiger partial charge in [-0.25, -0.2) is 4.98 Å². The largest absolute Gasteiger partial charge is 0.393 e. The molecule has 1 N–H and O–H groups in total. The van der Waals surface area contributed by atoms with Crippen molar-refractivity contribution >= 4 is 11.3 Å².